The highest BCUT2D eigenvalue weighted by Gasteiger charge is 2.43. The smallest absolute Gasteiger partial charge is 0.446 e. The van der Waals surface area contributed by atoms with E-state index in [9.17, 15) is 27.6 Å². The highest BCUT2D eigenvalue weighted by atomic mass is 32.2. The lowest BCUT2D eigenvalue weighted by Crippen LogP contribution is -2.35. The predicted octanol–water partition coefficient (Wildman–Crippen LogP) is 5.27. The third-order valence-corrected chi connectivity index (χ3v) is 5.85. The number of urea groups is 1. The Balaban J connectivity index is 1.75. The van der Waals surface area contributed by atoms with E-state index in [0.717, 1.165) is 17.7 Å². The molecule has 3 rings (SSSR count). The van der Waals surface area contributed by atoms with Gasteiger partial charge in [-0.2, -0.15) is 13.2 Å². The van der Waals surface area contributed by atoms with Gasteiger partial charge in [-0.15, -0.1) is 0 Å². The van der Waals surface area contributed by atoms with Crippen LogP contribution in [0.25, 0.3) is 0 Å². The van der Waals surface area contributed by atoms with Crippen molar-refractivity contribution in [2.45, 2.75) is 49.1 Å². The Morgan fingerprint density at radius 2 is 1.97 bits per heavy atom. The van der Waals surface area contributed by atoms with E-state index in [0.29, 0.717) is 11.3 Å². The summed E-state index contributed by atoms with van der Waals surface area (Å²) in [6.45, 7) is 3.94. The molecule has 2 heterocycles. The number of hydrogen-bond acceptors (Lipinski definition) is 6. The molecule has 8 nitrogen and oxygen atoms in total. The number of unbranched alkanes of at least 4 members (excludes halogenated alkanes) is 1. The monoisotopic (exact) mass is 496 g/mol. The molecule has 34 heavy (non-hydrogen) atoms. The zero-order chi connectivity index (χ0) is 24.9. The molecular formula is C22H23F3N4O4S. The molecule has 0 saturated carbocycles. The maximum Gasteiger partial charge on any atom is 0.446 e. The van der Waals surface area contributed by atoms with Crippen LogP contribution in [0, 0.1) is 0 Å². The summed E-state index contributed by atoms with van der Waals surface area (Å²) in [5.41, 5.74) is -3.40. The second kappa shape index (κ2) is 10.8. The minimum atomic E-state index is -4.44. The lowest BCUT2D eigenvalue weighted by molar-refractivity contribution is -0.118. The molecule has 182 valence electrons. The Labute approximate surface area is 198 Å². The molecule has 0 bridgehead atoms. The molecule has 0 aliphatic carbocycles. The second-order valence-corrected chi connectivity index (χ2v) is 8.65. The number of carbonyl (C=O) groups is 3. The average Bonchev–Trinajstić information content (AvgIpc) is 3.07. The molecule has 1 aromatic heterocycles. The summed E-state index contributed by atoms with van der Waals surface area (Å²) in [4.78, 5) is 42.5. The molecule has 4 amide bonds. The number of aromatic nitrogens is 1. The van der Waals surface area contributed by atoms with E-state index in [1.54, 1.807) is 13.0 Å². The van der Waals surface area contributed by atoms with Gasteiger partial charge in [0.2, 0.25) is 0 Å². The zero-order valence-electron chi connectivity index (χ0n) is 18.4. The molecule has 2 N–H and O–H groups in total. The first-order valence-electron chi connectivity index (χ1n) is 10.5. The van der Waals surface area contributed by atoms with Crippen molar-refractivity contribution in [1.29, 1.82) is 0 Å². The number of amides is 4. The number of nitrogens with one attached hydrogen (secondary N) is 2. The highest BCUT2D eigenvalue weighted by Crippen LogP contribution is 2.38. The molecule has 1 fully saturated rings. The summed E-state index contributed by atoms with van der Waals surface area (Å²) in [5, 5.41) is 5.23. The van der Waals surface area contributed by atoms with Gasteiger partial charge in [-0.25, -0.2) is 14.5 Å². The molecule has 1 saturated heterocycles. The van der Waals surface area contributed by atoms with Crippen molar-refractivity contribution in [3.63, 3.8) is 0 Å². The molecule has 2 atom stereocenters. The van der Waals surface area contributed by atoms with Gasteiger partial charge in [0, 0.05) is 17.0 Å². The number of ether oxygens (including phenoxy) is 1. The largest absolute Gasteiger partial charge is 0.449 e. The van der Waals surface area contributed by atoms with Crippen molar-refractivity contribution in [3.05, 3.63) is 48.3 Å². The quantitative estimate of drug-likeness (QED) is 0.293. The number of benzene rings is 1. The zero-order valence-corrected chi connectivity index (χ0v) is 19.2. The Morgan fingerprint density at radius 1 is 1.26 bits per heavy atom. The van der Waals surface area contributed by atoms with Crippen molar-refractivity contribution in [2.75, 3.05) is 16.8 Å². The molecule has 0 radical (unpaired) electrons. The molecule has 1 aromatic carbocycles. The summed E-state index contributed by atoms with van der Waals surface area (Å²) >= 11 is -0.286. The number of thioether (sulfide) groups is 1. The van der Waals surface area contributed by atoms with Crippen LogP contribution in [0.2, 0.25) is 0 Å². The number of rotatable bonds is 8. The second-order valence-electron chi connectivity index (χ2n) is 7.51. The number of hydrogen-bond donors (Lipinski definition) is 2. The molecule has 12 heteroatoms. The van der Waals surface area contributed by atoms with Crippen LogP contribution in [0.1, 0.15) is 38.2 Å². The number of halogens is 3. The van der Waals surface area contributed by atoms with Gasteiger partial charge in [-0.3, -0.25) is 15.1 Å². The minimum absolute atomic E-state index is 0.0634. The van der Waals surface area contributed by atoms with Crippen LogP contribution in [0.5, 0.6) is 0 Å². The van der Waals surface area contributed by atoms with Gasteiger partial charge in [0.25, 0.3) is 5.91 Å². The van der Waals surface area contributed by atoms with Gasteiger partial charge >= 0.3 is 17.6 Å². The molecule has 1 aliphatic rings. The highest BCUT2D eigenvalue weighted by molar-refractivity contribution is 8.00. The Hall–Kier alpha value is -3.28. The standard InChI is InChI=1S/C22H23F3N4O4S/c1-3-4-11-33-21(32)27-17-12-26-10-9-16(17)13(2)18-19(30)29(20(31)28-18)14-5-7-15(8-6-14)34-22(23,24)25/h5-10,12-13,18H,3-4,11H2,1-2H3,(H,27,32)(H,28,31). The van der Waals surface area contributed by atoms with Crippen LogP contribution < -0.4 is 15.5 Å². The van der Waals surface area contributed by atoms with Crippen molar-refractivity contribution >= 4 is 41.2 Å². The molecular weight excluding hydrogens is 473 g/mol. The lowest BCUT2D eigenvalue weighted by atomic mass is 9.92. The fraction of sp³-hybridized carbons (Fsp3) is 0.364. The summed E-state index contributed by atoms with van der Waals surface area (Å²) in [6, 6.07) is 4.92. The van der Waals surface area contributed by atoms with E-state index < -0.39 is 35.5 Å². The predicted molar refractivity (Wildman–Crippen MR) is 121 cm³/mol. The molecule has 2 unspecified atom stereocenters. The first-order chi connectivity index (χ1) is 16.1. The van der Waals surface area contributed by atoms with Gasteiger partial charge < -0.3 is 10.1 Å². The fourth-order valence-electron chi connectivity index (χ4n) is 3.42. The van der Waals surface area contributed by atoms with Crippen LogP contribution in [-0.4, -0.2) is 41.2 Å². The fourth-order valence-corrected chi connectivity index (χ4v) is 3.96. The summed E-state index contributed by atoms with van der Waals surface area (Å²) in [6.07, 6.45) is 3.85. The van der Waals surface area contributed by atoms with Crippen LogP contribution in [0.3, 0.4) is 0 Å². The molecule has 2 aromatic rings. The third-order valence-electron chi connectivity index (χ3n) is 5.11. The van der Waals surface area contributed by atoms with Crippen LogP contribution in [-0.2, 0) is 9.53 Å². The number of imide groups is 1. The van der Waals surface area contributed by atoms with Crippen molar-refractivity contribution in [1.82, 2.24) is 10.3 Å². The van der Waals surface area contributed by atoms with E-state index in [1.807, 2.05) is 6.92 Å². The number of anilines is 2. The summed E-state index contributed by atoms with van der Waals surface area (Å²) < 4.78 is 42.8. The lowest BCUT2D eigenvalue weighted by Gasteiger charge is -2.21. The first kappa shape index (κ1) is 25.3. The number of carbonyl (C=O) groups excluding carboxylic acids is 3. The van der Waals surface area contributed by atoms with E-state index in [1.165, 1.54) is 36.7 Å². The van der Waals surface area contributed by atoms with Crippen molar-refractivity contribution in [2.24, 2.45) is 0 Å². The van der Waals surface area contributed by atoms with Crippen LogP contribution >= 0.6 is 11.8 Å². The van der Waals surface area contributed by atoms with E-state index in [4.69, 9.17) is 4.74 Å². The maximum absolute atomic E-state index is 13.1. The van der Waals surface area contributed by atoms with Crippen molar-refractivity contribution < 1.29 is 32.3 Å². The minimum Gasteiger partial charge on any atom is -0.449 e. The van der Waals surface area contributed by atoms with Crippen molar-refractivity contribution in [3.8, 4) is 0 Å². The van der Waals surface area contributed by atoms with Gasteiger partial charge in [-0.1, -0.05) is 20.3 Å². The van der Waals surface area contributed by atoms with Gasteiger partial charge in [0.15, 0.2) is 0 Å². The van der Waals surface area contributed by atoms with Gasteiger partial charge in [0.05, 0.1) is 24.2 Å². The normalized spacial score (nSPS) is 16.9. The maximum atomic E-state index is 13.1. The van der Waals surface area contributed by atoms with E-state index in [2.05, 4.69) is 15.6 Å². The number of nitrogens with zero attached hydrogens (tertiary/aromatic N) is 2. The summed E-state index contributed by atoms with van der Waals surface area (Å²) in [7, 11) is 0. The van der Waals surface area contributed by atoms with Gasteiger partial charge in [0.1, 0.15) is 6.04 Å². The average molecular weight is 497 g/mol. The first-order valence-corrected chi connectivity index (χ1v) is 11.3. The third kappa shape index (κ3) is 6.19. The molecule has 0 spiro atoms. The summed E-state index contributed by atoms with van der Waals surface area (Å²) in [5.74, 6) is -1.13. The SMILES string of the molecule is CCCCOC(=O)Nc1cnccc1C(C)C1NC(=O)N(c2ccc(SC(F)(F)F)cc2)C1=O. The van der Waals surface area contributed by atoms with E-state index >= 15 is 0 Å². The van der Waals surface area contributed by atoms with Crippen LogP contribution in [0.4, 0.5) is 34.1 Å². The molecule has 1 aliphatic heterocycles. The topological polar surface area (TPSA) is 101 Å². The Bertz CT molecular complexity index is 1050. The van der Waals surface area contributed by atoms with Crippen LogP contribution in [0.15, 0.2) is 47.6 Å². The number of pyridine rings is 1. The van der Waals surface area contributed by atoms with E-state index in [-0.39, 0.29) is 29.0 Å². The number of alkyl halides is 3. The van der Waals surface area contributed by atoms with Gasteiger partial charge in [-0.05, 0) is 54.1 Å². The Kier molecular flexibility index (Phi) is 8.02. The Morgan fingerprint density at radius 3 is 2.62 bits per heavy atom.